The predicted octanol–water partition coefficient (Wildman–Crippen LogP) is 1.80. The average molecular weight is 416 g/mol. The summed E-state index contributed by atoms with van der Waals surface area (Å²) in [6, 6.07) is 13.4. The first-order valence-electron chi connectivity index (χ1n) is 9.84. The van der Waals surface area contributed by atoms with Gasteiger partial charge >= 0.3 is 0 Å². The SMILES string of the molecule is Cn1ncc(C(=O)N2CC(O)C2)c1C(=O)Nc1ccn2cc(-c3ccccc3)nc2c1. The number of imidazole rings is 1. The summed E-state index contributed by atoms with van der Waals surface area (Å²) in [6.45, 7) is 0.518. The number of nitrogens with one attached hydrogen (secondary N) is 1. The van der Waals surface area contributed by atoms with Gasteiger partial charge < -0.3 is 19.7 Å². The number of hydrogen-bond acceptors (Lipinski definition) is 5. The maximum Gasteiger partial charge on any atom is 0.274 e. The number of rotatable bonds is 4. The van der Waals surface area contributed by atoms with Gasteiger partial charge in [0.25, 0.3) is 11.8 Å². The summed E-state index contributed by atoms with van der Waals surface area (Å²) in [4.78, 5) is 31.7. The smallest absolute Gasteiger partial charge is 0.274 e. The molecule has 0 spiro atoms. The lowest BCUT2D eigenvalue weighted by molar-refractivity contribution is 0.00582. The topological polar surface area (TPSA) is 105 Å². The lowest BCUT2D eigenvalue weighted by atomic mass is 10.1. The van der Waals surface area contributed by atoms with Gasteiger partial charge in [0.05, 0.1) is 23.6 Å². The summed E-state index contributed by atoms with van der Waals surface area (Å²) in [6.07, 6.45) is 4.61. The second-order valence-electron chi connectivity index (χ2n) is 7.52. The van der Waals surface area contributed by atoms with E-state index in [0.717, 1.165) is 11.3 Å². The Hall–Kier alpha value is -3.98. The van der Waals surface area contributed by atoms with Crippen molar-refractivity contribution in [2.24, 2.45) is 7.05 Å². The van der Waals surface area contributed by atoms with Crippen LogP contribution in [-0.4, -0.2) is 60.2 Å². The van der Waals surface area contributed by atoms with Crippen LogP contribution in [0.2, 0.25) is 0 Å². The van der Waals surface area contributed by atoms with Crippen LogP contribution in [0, 0.1) is 0 Å². The second kappa shape index (κ2) is 7.37. The fourth-order valence-electron chi connectivity index (χ4n) is 3.65. The Balaban J connectivity index is 1.39. The largest absolute Gasteiger partial charge is 0.389 e. The number of nitrogens with zero attached hydrogens (tertiary/aromatic N) is 5. The number of aromatic nitrogens is 4. The van der Waals surface area contributed by atoms with E-state index in [1.165, 1.54) is 15.8 Å². The Morgan fingerprint density at radius 3 is 2.68 bits per heavy atom. The molecule has 31 heavy (non-hydrogen) atoms. The molecule has 5 rings (SSSR count). The third-order valence-corrected chi connectivity index (χ3v) is 5.32. The van der Waals surface area contributed by atoms with E-state index in [9.17, 15) is 14.7 Å². The van der Waals surface area contributed by atoms with E-state index in [-0.39, 0.29) is 30.3 Å². The van der Waals surface area contributed by atoms with Gasteiger partial charge in [-0.05, 0) is 6.07 Å². The van der Waals surface area contributed by atoms with Gasteiger partial charge in [0.1, 0.15) is 11.3 Å². The quantitative estimate of drug-likeness (QED) is 0.528. The van der Waals surface area contributed by atoms with Crippen LogP contribution in [0.15, 0.2) is 61.1 Å². The number of β-amino-alcohol motifs (C(OH)–C–C–N with tert-alkyl or cyclic N) is 1. The molecule has 9 nitrogen and oxygen atoms in total. The molecule has 9 heteroatoms. The predicted molar refractivity (Wildman–Crippen MR) is 114 cm³/mol. The number of fused-ring (bicyclic) bond motifs is 1. The molecule has 0 unspecified atom stereocenters. The van der Waals surface area contributed by atoms with E-state index >= 15 is 0 Å². The minimum atomic E-state index is -0.514. The van der Waals surface area contributed by atoms with Crippen molar-refractivity contribution in [3.8, 4) is 11.3 Å². The lowest BCUT2D eigenvalue weighted by Crippen LogP contribution is -2.53. The Morgan fingerprint density at radius 2 is 1.94 bits per heavy atom. The van der Waals surface area contributed by atoms with Crippen LogP contribution in [0.3, 0.4) is 0 Å². The summed E-state index contributed by atoms with van der Waals surface area (Å²) in [5.74, 6) is -0.761. The van der Waals surface area contributed by atoms with Crippen LogP contribution in [0.25, 0.3) is 16.9 Å². The highest BCUT2D eigenvalue weighted by Gasteiger charge is 2.33. The van der Waals surface area contributed by atoms with E-state index in [2.05, 4.69) is 15.4 Å². The molecule has 0 atom stereocenters. The molecule has 2 N–H and O–H groups in total. The minimum Gasteiger partial charge on any atom is -0.389 e. The lowest BCUT2D eigenvalue weighted by Gasteiger charge is -2.35. The van der Waals surface area contributed by atoms with Crippen molar-refractivity contribution in [1.82, 2.24) is 24.1 Å². The van der Waals surface area contributed by atoms with Gasteiger partial charge in [-0.25, -0.2) is 4.98 Å². The number of amides is 2. The molecule has 3 aromatic heterocycles. The Morgan fingerprint density at radius 1 is 1.16 bits per heavy atom. The number of pyridine rings is 1. The first-order chi connectivity index (χ1) is 15.0. The molecular formula is C22H20N6O3. The first-order valence-corrected chi connectivity index (χ1v) is 9.84. The molecule has 1 aliphatic heterocycles. The zero-order chi connectivity index (χ0) is 21.5. The van der Waals surface area contributed by atoms with Crippen molar-refractivity contribution in [3.63, 3.8) is 0 Å². The van der Waals surface area contributed by atoms with Gasteiger partial charge in [-0.15, -0.1) is 0 Å². The van der Waals surface area contributed by atoms with Crippen molar-refractivity contribution < 1.29 is 14.7 Å². The van der Waals surface area contributed by atoms with Crippen LogP contribution in [-0.2, 0) is 7.05 Å². The fraction of sp³-hybridized carbons (Fsp3) is 0.182. The van der Waals surface area contributed by atoms with Gasteiger partial charge in [-0.3, -0.25) is 14.3 Å². The first kappa shape index (κ1) is 19.0. The highest BCUT2D eigenvalue weighted by molar-refractivity contribution is 6.11. The molecule has 4 heterocycles. The van der Waals surface area contributed by atoms with E-state index < -0.39 is 12.0 Å². The van der Waals surface area contributed by atoms with Gasteiger partial charge in [0.15, 0.2) is 0 Å². The summed E-state index contributed by atoms with van der Waals surface area (Å²) < 4.78 is 3.26. The van der Waals surface area contributed by atoms with Crippen molar-refractivity contribution in [1.29, 1.82) is 0 Å². The van der Waals surface area contributed by atoms with Crippen LogP contribution < -0.4 is 5.32 Å². The summed E-state index contributed by atoms with van der Waals surface area (Å²) in [5, 5.41) is 16.4. The van der Waals surface area contributed by atoms with Crippen molar-refractivity contribution in [2.45, 2.75) is 6.10 Å². The van der Waals surface area contributed by atoms with E-state index in [1.807, 2.05) is 47.1 Å². The van der Waals surface area contributed by atoms with Crippen LogP contribution in [0.4, 0.5) is 5.69 Å². The minimum absolute atomic E-state index is 0.166. The maximum atomic E-state index is 13.0. The Kier molecular flexibility index (Phi) is 4.52. The second-order valence-corrected chi connectivity index (χ2v) is 7.52. The molecule has 1 saturated heterocycles. The number of anilines is 1. The number of carbonyl (C=O) groups excluding carboxylic acids is 2. The van der Waals surface area contributed by atoms with E-state index in [4.69, 9.17) is 0 Å². The average Bonchev–Trinajstić information content (AvgIpc) is 3.35. The zero-order valence-corrected chi connectivity index (χ0v) is 16.8. The molecule has 0 bridgehead atoms. The van der Waals surface area contributed by atoms with Gasteiger partial charge in [0.2, 0.25) is 0 Å². The van der Waals surface area contributed by atoms with E-state index in [0.29, 0.717) is 11.3 Å². The number of carbonyl (C=O) groups is 2. The molecule has 1 aromatic carbocycles. The fourth-order valence-corrected chi connectivity index (χ4v) is 3.65. The highest BCUT2D eigenvalue weighted by atomic mass is 16.3. The number of benzene rings is 1. The summed E-state index contributed by atoms with van der Waals surface area (Å²) in [5.41, 5.74) is 3.46. The molecule has 0 aliphatic carbocycles. The standard InChI is InChI=1S/C22H20N6O3/c1-26-20(17(10-23-26)22(31)28-11-16(29)12-28)21(30)24-15-7-8-27-13-18(25-19(27)9-15)14-5-3-2-4-6-14/h2-10,13,16,29H,11-12H2,1H3,(H,24,30). The molecule has 0 saturated carbocycles. The molecule has 1 aliphatic rings. The number of hydrogen-bond donors (Lipinski definition) is 2. The number of likely N-dealkylation sites (tertiary alicyclic amines) is 1. The molecule has 1 fully saturated rings. The Labute approximate surface area is 177 Å². The Bertz CT molecular complexity index is 1290. The third kappa shape index (κ3) is 3.44. The molecule has 0 radical (unpaired) electrons. The van der Waals surface area contributed by atoms with E-state index in [1.54, 1.807) is 19.2 Å². The van der Waals surface area contributed by atoms with Crippen molar-refractivity contribution >= 4 is 23.1 Å². The zero-order valence-electron chi connectivity index (χ0n) is 16.8. The molecule has 2 amide bonds. The molecule has 156 valence electrons. The maximum absolute atomic E-state index is 13.0. The van der Waals surface area contributed by atoms with Crippen LogP contribution in [0.1, 0.15) is 20.8 Å². The van der Waals surface area contributed by atoms with Crippen molar-refractivity contribution in [3.05, 3.63) is 72.3 Å². The number of aliphatic hydroxyl groups excluding tert-OH is 1. The van der Waals surface area contributed by atoms with Crippen LogP contribution >= 0.6 is 0 Å². The van der Waals surface area contributed by atoms with Gasteiger partial charge in [-0.2, -0.15) is 5.10 Å². The van der Waals surface area contributed by atoms with Crippen molar-refractivity contribution in [2.75, 3.05) is 18.4 Å². The third-order valence-electron chi connectivity index (χ3n) is 5.32. The number of aliphatic hydroxyl groups is 1. The van der Waals surface area contributed by atoms with Crippen LogP contribution in [0.5, 0.6) is 0 Å². The summed E-state index contributed by atoms with van der Waals surface area (Å²) in [7, 11) is 1.61. The normalized spacial score (nSPS) is 13.9. The summed E-state index contributed by atoms with van der Waals surface area (Å²) >= 11 is 0. The number of aryl methyl sites for hydroxylation is 1. The monoisotopic (exact) mass is 416 g/mol. The molecule has 4 aromatic rings. The molecular weight excluding hydrogens is 396 g/mol. The highest BCUT2D eigenvalue weighted by Crippen LogP contribution is 2.22. The van der Waals surface area contributed by atoms with Gasteiger partial charge in [-0.1, -0.05) is 30.3 Å². The van der Waals surface area contributed by atoms with Gasteiger partial charge in [0, 0.05) is 49.8 Å².